The van der Waals surface area contributed by atoms with Crippen LogP contribution in [0.25, 0.3) is 10.8 Å². The van der Waals surface area contributed by atoms with Crippen LogP contribution in [0.4, 0.5) is 0 Å². The number of hydrogen-bond acceptors (Lipinski definition) is 6. The molecule has 0 aliphatic carbocycles. The fourth-order valence-corrected chi connectivity index (χ4v) is 3.68. The van der Waals surface area contributed by atoms with E-state index in [4.69, 9.17) is 9.47 Å². The molecule has 4 aromatic rings. The van der Waals surface area contributed by atoms with Gasteiger partial charge in [-0.15, -0.1) is 0 Å². The Morgan fingerprint density at radius 2 is 1.62 bits per heavy atom. The molecular formula is C29H25N3O5. The summed E-state index contributed by atoms with van der Waals surface area (Å²) in [6, 6.07) is 24.7. The van der Waals surface area contributed by atoms with Crippen LogP contribution < -0.4 is 20.2 Å². The highest BCUT2D eigenvalue weighted by atomic mass is 16.5. The number of hydrogen-bond donors (Lipinski definition) is 2. The fourth-order valence-electron chi connectivity index (χ4n) is 3.68. The number of methoxy groups -OCH3 is 1. The second kappa shape index (κ2) is 11.6. The van der Waals surface area contributed by atoms with Gasteiger partial charge in [-0.05, 0) is 59.7 Å². The number of esters is 1. The lowest BCUT2D eigenvalue weighted by Crippen LogP contribution is -2.35. The summed E-state index contributed by atoms with van der Waals surface area (Å²) < 4.78 is 10.8. The molecule has 2 amide bonds. The Morgan fingerprint density at radius 3 is 2.38 bits per heavy atom. The largest absolute Gasteiger partial charge is 0.497 e. The minimum atomic E-state index is -0.546. The number of carbonyl (C=O) groups is 3. The van der Waals surface area contributed by atoms with Gasteiger partial charge in [-0.2, -0.15) is 5.10 Å². The molecule has 0 atom stereocenters. The highest BCUT2D eigenvalue weighted by Gasteiger charge is 2.14. The van der Waals surface area contributed by atoms with Gasteiger partial charge < -0.3 is 14.8 Å². The predicted octanol–water partition coefficient (Wildman–Crippen LogP) is 4.26. The molecule has 4 rings (SSSR count). The fraction of sp³-hybridized carbons (Fsp3) is 0.103. The molecule has 0 fully saturated rings. The van der Waals surface area contributed by atoms with Gasteiger partial charge in [0.2, 0.25) is 0 Å². The Balaban J connectivity index is 1.47. The van der Waals surface area contributed by atoms with Crippen molar-refractivity contribution in [3.63, 3.8) is 0 Å². The molecule has 0 aromatic heterocycles. The molecule has 186 valence electrons. The highest BCUT2D eigenvalue weighted by Crippen LogP contribution is 2.27. The van der Waals surface area contributed by atoms with E-state index in [1.165, 1.54) is 6.21 Å². The molecule has 0 heterocycles. The SMILES string of the molecule is COc1ccc(C(=O)Oc2ccc3ccccc3c2/C=N\NC(=O)CNC(=O)c2ccccc2C)cc1. The Bertz CT molecular complexity index is 1480. The third-order valence-corrected chi connectivity index (χ3v) is 5.64. The number of carbonyl (C=O) groups excluding carboxylic acids is 3. The third-order valence-electron chi connectivity index (χ3n) is 5.64. The molecular weight excluding hydrogens is 470 g/mol. The van der Waals surface area contributed by atoms with Crippen LogP contribution in [0.5, 0.6) is 11.5 Å². The number of amides is 2. The molecule has 0 saturated carbocycles. The van der Waals surface area contributed by atoms with Crippen molar-refractivity contribution in [1.29, 1.82) is 0 Å². The van der Waals surface area contributed by atoms with Gasteiger partial charge in [0.15, 0.2) is 0 Å². The Hall–Kier alpha value is -4.98. The minimum Gasteiger partial charge on any atom is -0.497 e. The van der Waals surface area contributed by atoms with E-state index < -0.39 is 11.9 Å². The zero-order chi connectivity index (χ0) is 26.2. The standard InChI is InChI=1S/C29H25N3O5/c1-19-7-3-5-9-23(19)28(34)30-18-27(33)32-31-17-25-24-10-6-4-8-20(24)13-16-26(25)37-29(35)21-11-14-22(36-2)15-12-21/h3-17H,18H2,1-2H3,(H,30,34)(H,32,33)/b31-17-. The monoisotopic (exact) mass is 495 g/mol. The normalized spacial score (nSPS) is 10.8. The maximum absolute atomic E-state index is 12.8. The first-order valence-electron chi connectivity index (χ1n) is 11.5. The molecule has 0 aliphatic heterocycles. The Labute approximate surface area is 213 Å². The van der Waals surface area contributed by atoms with Crippen molar-refractivity contribution < 1.29 is 23.9 Å². The first-order chi connectivity index (χ1) is 18.0. The van der Waals surface area contributed by atoms with Crippen molar-refractivity contribution >= 4 is 34.8 Å². The number of nitrogens with one attached hydrogen (secondary N) is 2. The summed E-state index contributed by atoms with van der Waals surface area (Å²) in [5.74, 6) is -0.490. The van der Waals surface area contributed by atoms with Crippen molar-refractivity contribution in [1.82, 2.24) is 10.7 Å². The van der Waals surface area contributed by atoms with Crippen molar-refractivity contribution in [2.24, 2.45) is 5.10 Å². The van der Waals surface area contributed by atoms with Crippen LogP contribution >= 0.6 is 0 Å². The molecule has 0 aliphatic rings. The number of aryl methyl sites for hydroxylation is 1. The van der Waals surface area contributed by atoms with Crippen molar-refractivity contribution in [2.45, 2.75) is 6.92 Å². The Kier molecular flexibility index (Phi) is 7.90. The molecule has 37 heavy (non-hydrogen) atoms. The van der Waals surface area contributed by atoms with E-state index in [-0.39, 0.29) is 18.2 Å². The van der Waals surface area contributed by atoms with Crippen LogP contribution in [-0.2, 0) is 4.79 Å². The van der Waals surface area contributed by atoms with Gasteiger partial charge in [-0.1, -0.05) is 48.5 Å². The summed E-state index contributed by atoms with van der Waals surface area (Å²) in [6.07, 6.45) is 1.42. The van der Waals surface area contributed by atoms with Crippen LogP contribution in [0.3, 0.4) is 0 Å². The van der Waals surface area contributed by atoms with Gasteiger partial charge >= 0.3 is 5.97 Å². The summed E-state index contributed by atoms with van der Waals surface area (Å²) in [5, 5.41) is 8.31. The molecule has 4 aromatic carbocycles. The summed E-state index contributed by atoms with van der Waals surface area (Å²) >= 11 is 0. The first kappa shape index (κ1) is 25.1. The van der Waals surface area contributed by atoms with E-state index in [9.17, 15) is 14.4 Å². The van der Waals surface area contributed by atoms with Crippen molar-refractivity contribution in [3.8, 4) is 11.5 Å². The van der Waals surface area contributed by atoms with Crippen LogP contribution in [0.1, 0.15) is 31.8 Å². The molecule has 0 unspecified atom stereocenters. The smallest absolute Gasteiger partial charge is 0.343 e. The number of rotatable bonds is 8. The second-order valence-electron chi connectivity index (χ2n) is 8.11. The molecule has 0 spiro atoms. The quantitative estimate of drug-likeness (QED) is 0.164. The van der Waals surface area contributed by atoms with Gasteiger partial charge in [0, 0.05) is 11.1 Å². The summed E-state index contributed by atoms with van der Waals surface area (Å²) in [5.41, 5.74) is 4.59. The van der Waals surface area contributed by atoms with E-state index in [0.717, 1.165) is 16.3 Å². The molecule has 0 saturated heterocycles. The lowest BCUT2D eigenvalue weighted by molar-refractivity contribution is -0.120. The molecule has 8 nitrogen and oxygen atoms in total. The van der Waals surface area contributed by atoms with Gasteiger partial charge in [0.1, 0.15) is 11.5 Å². The third kappa shape index (κ3) is 6.18. The maximum Gasteiger partial charge on any atom is 0.343 e. The average Bonchev–Trinajstić information content (AvgIpc) is 2.93. The average molecular weight is 496 g/mol. The summed E-state index contributed by atoms with van der Waals surface area (Å²) in [4.78, 5) is 37.4. The highest BCUT2D eigenvalue weighted by molar-refractivity contribution is 6.04. The topological polar surface area (TPSA) is 106 Å². The predicted molar refractivity (Wildman–Crippen MR) is 141 cm³/mol. The minimum absolute atomic E-state index is 0.251. The van der Waals surface area contributed by atoms with E-state index in [1.54, 1.807) is 49.6 Å². The van der Waals surface area contributed by atoms with Crippen LogP contribution in [0.2, 0.25) is 0 Å². The van der Waals surface area contributed by atoms with Gasteiger partial charge in [-0.25, -0.2) is 10.2 Å². The molecule has 2 N–H and O–H groups in total. The maximum atomic E-state index is 12.8. The van der Waals surface area contributed by atoms with E-state index in [2.05, 4.69) is 15.8 Å². The second-order valence-corrected chi connectivity index (χ2v) is 8.11. The number of hydrazone groups is 1. The van der Waals surface area contributed by atoms with Crippen LogP contribution in [0, 0.1) is 6.92 Å². The molecule has 0 radical (unpaired) electrons. The van der Waals surface area contributed by atoms with Crippen LogP contribution in [0.15, 0.2) is 90.0 Å². The lowest BCUT2D eigenvalue weighted by Gasteiger charge is -2.11. The van der Waals surface area contributed by atoms with E-state index >= 15 is 0 Å². The molecule has 8 heteroatoms. The van der Waals surface area contributed by atoms with Crippen molar-refractivity contribution in [3.05, 3.63) is 107 Å². The van der Waals surface area contributed by atoms with E-state index in [1.807, 2.05) is 49.4 Å². The van der Waals surface area contributed by atoms with Gasteiger partial charge in [0.05, 0.1) is 25.4 Å². The summed E-state index contributed by atoms with van der Waals surface area (Å²) in [6.45, 7) is 1.57. The number of benzene rings is 4. The van der Waals surface area contributed by atoms with Gasteiger partial charge in [0.25, 0.3) is 11.8 Å². The molecule has 0 bridgehead atoms. The number of ether oxygens (including phenoxy) is 2. The Morgan fingerprint density at radius 1 is 0.892 bits per heavy atom. The summed E-state index contributed by atoms with van der Waals surface area (Å²) in [7, 11) is 1.55. The number of nitrogens with zero attached hydrogens (tertiary/aromatic N) is 1. The van der Waals surface area contributed by atoms with Gasteiger partial charge in [-0.3, -0.25) is 9.59 Å². The van der Waals surface area contributed by atoms with E-state index in [0.29, 0.717) is 22.4 Å². The first-order valence-corrected chi connectivity index (χ1v) is 11.5. The lowest BCUT2D eigenvalue weighted by atomic mass is 10.0. The van der Waals surface area contributed by atoms with Crippen LogP contribution in [-0.4, -0.2) is 37.7 Å². The number of fused-ring (bicyclic) bond motifs is 1. The van der Waals surface area contributed by atoms with Crippen molar-refractivity contribution in [2.75, 3.05) is 13.7 Å². The zero-order valence-corrected chi connectivity index (χ0v) is 20.4. The zero-order valence-electron chi connectivity index (χ0n) is 20.4.